The van der Waals surface area contributed by atoms with E-state index < -0.39 is 0 Å². The molecule has 0 amide bonds. The van der Waals surface area contributed by atoms with Crippen molar-refractivity contribution in [3.8, 4) is 0 Å². The van der Waals surface area contributed by atoms with Crippen molar-refractivity contribution in [2.45, 2.75) is 26.3 Å². The Bertz CT molecular complexity index is 585. The fourth-order valence-electron chi connectivity index (χ4n) is 2.60. The lowest BCUT2D eigenvalue weighted by Gasteiger charge is -2.20. The van der Waals surface area contributed by atoms with Crippen LogP contribution in [-0.4, -0.2) is 7.05 Å². The predicted molar refractivity (Wildman–Crippen MR) is 77.8 cm³/mol. The van der Waals surface area contributed by atoms with Gasteiger partial charge in [0.2, 0.25) is 0 Å². The van der Waals surface area contributed by atoms with Crippen molar-refractivity contribution < 1.29 is 8.78 Å². The number of halogens is 2. The van der Waals surface area contributed by atoms with E-state index >= 15 is 0 Å². The van der Waals surface area contributed by atoms with Gasteiger partial charge in [0.25, 0.3) is 0 Å². The van der Waals surface area contributed by atoms with E-state index in [1.807, 2.05) is 19.9 Å². The lowest BCUT2D eigenvalue weighted by molar-refractivity contribution is 0.516. The highest BCUT2D eigenvalue weighted by Gasteiger charge is 2.18. The monoisotopic (exact) mass is 275 g/mol. The molecule has 3 heteroatoms. The molecule has 0 radical (unpaired) electrons. The normalized spacial score (nSPS) is 12.4. The second-order valence-corrected chi connectivity index (χ2v) is 5.11. The highest BCUT2D eigenvalue weighted by molar-refractivity contribution is 5.35. The summed E-state index contributed by atoms with van der Waals surface area (Å²) in [5.74, 6) is -0.490. The van der Waals surface area contributed by atoms with Crippen LogP contribution in [0.15, 0.2) is 36.4 Å². The quantitative estimate of drug-likeness (QED) is 0.886. The van der Waals surface area contributed by atoms with Crippen LogP contribution in [-0.2, 0) is 6.42 Å². The summed E-state index contributed by atoms with van der Waals surface area (Å²) in [6, 6.07) is 9.85. The predicted octanol–water partition coefficient (Wildman–Crippen LogP) is 4.08. The molecule has 0 spiro atoms. The smallest absolute Gasteiger partial charge is 0.128 e. The van der Waals surface area contributed by atoms with Crippen LogP contribution >= 0.6 is 0 Å². The Balaban J connectivity index is 2.37. The van der Waals surface area contributed by atoms with Crippen LogP contribution in [0.3, 0.4) is 0 Å². The fraction of sp³-hybridized carbons (Fsp3) is 0.294. The molecule has 1 unspecified atom stereocenters. The Morgan fingerprint density at radius 3 is 2.35 bits per heavy atom. The van der Waals surface area contributed by atoms with Crippen LogP contribution in [0.4, 0.5) is 8.78 Å². The number of rotatable bonds is 4. The standard InChI is InChI=1S/C17H19F2N/c1-11-8-12(2)17(15(19)9-11)16(20-3)10-13-6-4-5-7-14(13)18/h4-9,16,20H,10H2,1-3H3. The lowest BCUT2D eigenvalue weighted by Crippen LogP contribution is -2.21. The van der Waals surface area contributed by atoms with Crippen molar-refractivity contribution in [1.29, 1.82) is 0 Å². The zero-order chi connectivity index (χ0) is 14.7. The molecule has 1 N–H and O–H groups in total. The number of hydrogen-bond acceptors (Lipinski definition) is 1. The maximum Gasteiger partial charge on any atom is 0.128 e. The Hall–Kier alpha value is -1.74. The van der Waals surface area contributed by atoms with E-state index in [2.05, 4.69) is 5.32 Å². The van der Waals surface area contributed by atoms with E-state index in [1.54, 1.807) is 25.2 Å². The number of aryl methyl sites for hydroxylation is 2. The highest BCUT2D eigenvalue weighted by atomic mass is 19.1. The van der Waals surface area contributed by atoms with Crippen molar-refractivity contribution >= 4 is 0 Å². The van der Waals surface area contributed by atoms with Gasteiger partial charge in [0.1, 0.15) is 11.6 Å². The molecule has 0 aliphatic carbocycles. The minimum atomic E-state index is -0.252. The van der Waals surface area contributed by atoms with Crippen LogP contribution < -0.4 is 5.32 Å². The van der Waals surface area contributed by atoms with Gasteiger partial charge in [0.15, 0.2) is 0 Å². The molecular weight excluding hydrogens is 256 g/mol. The minimum absolute atomic E-state index is 0.238. The second-order valence-electron chi connectivity index (χ2n) is 5.11. The van der Waals surface area contributed by atoms with Gasteiger partial charge in [-0.05, 0) is 56.1 Å². The van der Waals surface area contributed by atoms with Crippen LogP contribution in [0.2, 0.25) is 0 Å². The number of hydrogen-bond donors (Lipinski definition) is 1. The van der Waals surface area contributed by atoms with Crippen LogP contribution in [0.25, 0.3) is 0 Å². The Morgan fingerprint density at radius 2 is 1.75 bits per heavy atom. The summed E-state index contributed by atoms with van der Waals surface area (Å²) in [5, 5.41) is 3.09. The molecule has 0 saturated heterocycles. The van der Waals surface area contributed by atoms with E-state index in [0.29, 0.717) is 17.5 Å². The third-order valence-electron chi connectivity index (χ3n) is 3.56. The molecule has 1 nitrogen and oxygen atoms in total. The number of benzene rings is 2. The SMILES string of the molecule is CNC(Cc1ccccc1F)c1c(C)cc(C)cc1F. The van der Waals surface area contributed by atoms with Crippen molar-refractivity contribution in [1.82, 2.24) is 5.32 Å². The molecule has 0 heterocycles. The average molecular weight is 275 g/mol. The van der Waals surface area contributed by atoms with Crippen LogP contribution in [0, 0.1) is 25.5 Å². The first-order valence-electron chi connectivity index (χ1n) is 6.70. The topological polar surface area (TPSA) is 12.0 Å². The fourth-order valence-corrected chi connectivity index (χ4v) is 2.60. The summed E-state index contributed by atoms with van der Waals surface area (Å²) in [5.41, 5.74) is 2.98. The van der Waals surface area contributed by atoms with Gasteiger partial charge in [-0.2, -0.15) is 0 Å². The van der Waals surface area contributed by atoms with Gasteiger partial charge in [-0.1, -0.05) is 24.3 Å². The maximum atomic E-state index is 14.2. The van der Waals surface area contributed by atoms with Gasteiger partial charge in [-0.3, -0.25) is 0 Å². The Labute approximate surface area is 118 Å². The first-order chi connectivity index (χ1) is 9.52. The van der Waals surface area contributed by atoms with Crippen molar-refractivity contribution in [3.63, 3.8) is 0 Å². The average Bonchev–Trinajstić information content (AvgIpc) is 2.38. The third kappa shape index (κ3) is 3.05. The van der Waals surface area contributed by atoms with E-state index in [0.717, 1.165) is 11.1 Å². The largest absolute Gasteiger partial charge is 0.313 e. The van der Waals surface area contributed by atoms with Gasteiger partial charge >= 0.3 is 0 Å². The molecule has 0 bridgehead atoms. The first-order valence-corrected chi connectivity index (χ1v) is 6.70. The zero-order valence-corrected chi connectivity index (χ0v) is 12.0. The molecule has 0 fully saturated rings. The molecule has 0 saturated carbocycles. The second kappa shape index (κ2) is 6.14. The molecule has 2 rings (SSSR count). The van der Waals surface area contributed by atoms with E-state index in [4.69, 9.17) is 0 Å². The van der Waals surface area contributed by atoms with Gasteiger partial charge in [0.05, 0.1) is 0 Å². The summed E-state index contributed by atoms with van der Waals surface area (Å²) >= 11 is 0. The summed E-state index contributed by atoms with van der Waals surface area (Å²) in [7, 11) is 1.77. The highest BCUT2D eigenvalue weighted by Crippen LogP contribution is 2.26. The van der Waals surface area contributed by atoms with Crippen molar-refractivity contribution in [3.05, 3.63) is 70.3 Å². The van der Waals surface area contributed by atoms with Crippen LogP contribution in [0.1, 0.15) is 28.3 Å². The molecule has 0 aliphatic rings. The molecule has 106 valence electrons. The van der Waals surface area contributed by atoms with Gasteiger partial charge in [-0.25, -0.2) is 8.78 Å². The molecular formula is C17H19F2N. The minimum Gasteiger partial charge on any atom is -0.313 e. The van der Waals surface area contributed by atoms with Crippen molar-refractivity contribution in [2.24, 2.45) is 0 Å². The number of nitrogens with one attached hydrogen (secondary N) is 1. The Kier molecular flexibility index (Phi) is 4.50. The molecule has 1 atom stereocenters. The van der Waals surface area contributed by atoms with Gasteiger partial charge in [-0.15, -0.1) is 0 Å². The van der Waals surface area contributed by atoms with E-state index in [9.17, 15) is 8.78 Å². The van der Waals surface area contributed by atoms with Crippen molar-refractivity contribution in [2.75, 3.05) is 7.05 Å². The van der Waals surface area contributed by atoms with Gasteiger partial charge in [0, 0.05) is 11.6 Å². The van der Waals surface area contributed by atoms with Gasteiger partial charge < -0.3 is 5.32 Å². The van der Waals surface area contributed by atoms with Crippen LogP contribution in [0.5, 0.6) is 0 Å². The molecule has 0 aliphatic heterocycles. The molecule has 2 aromatic carbocycles. The third-order valence-corrected chi connectivity index (χ3v) is 3.56. The maximum absolute atomic E-state index is 14.2. The molecule has 2 aromatic rings. The lowest BCUT2D eigenvalue weighted by atomic mass is 9.93. The molecule has 0 aromatic heterocycles. The zero-order valence-electron chi connectivity index (χ0n) is 12.0. The molecule has 20 heavy (non-hydrogen) atoms. The summed E-state index contributed by atoms with van der Waals surface area (Å²) in [6.45, 7) is 3.75. The van der Waals surface area contributed by atoms with E-state index in [-0.39, 0.29) is 17.7 Å². The summed E-state index contributed by atoms with van der Waals surface area (Å²) in [4.78, 5) is 0. The summed E-state index contributed by atoms with van der Waals surface area (Å²) in [6.07, 6.45) is 0.421. The Morgan fingerprint density at radius 1 is 1.05 bits per heavy atom. The van der Waals surface area contributed by atoms with E-state index in [1.165, 1.54) is 12.1 Å². The summed E-state index contributed by atoms with van der Waals surface area (Å²) < 4.78 is 28.0. The number of likely N-dealkylation sites (N-methyl/N-ethyl adjacent to an activating group) is 1. The first kappa shape index (κ1) is 14.7.